The van der Waals surface area contributed by atoms with Crippen LogP contribution in [0.1, 0.15) is 31.4 Å². The second-order valence-corrected chi connectivity index (χ2v) is 5.95. The van der Waals surface area contributed by atoms with Crippen molar-refractivity contribution in [2.75, 3.05) is 13.1 Å². The van der Waals surface area contributed by atoms with Gasteiger partial charge in [0, 0.05) is 48.0 Å². The summed E-state index contributed by atoms with van der Waals surface area (Å²) in [6.07, 6.45) is 6.01. The van der Waals surface area contributed by atoms with Crippen LogP contribution in [0.25, 0.3) is 4.96 Å². The van der Waals surface area contributed by atoms with Gasteiger partial charge in [0.05, 0.1) is 0 Å². The molecule has 19 heavy (non-hydrogen) atoms. The fourth-order valence-electron chi connectivity index (χ4n) is 2.71. The van der Waals surface area contributed by atoms with E-state index in [0.717, 1.165) is 30.9 Å². The van der Waals surface area contributed by atoms with Gasteiger partial charge in [-0.1, -0.05) is 6.58 Å². The molecule has 0 spiro atoms. The molecule has 3 heterocycles. The van der Waals surface area contributed by atoms with Gasteiger partial charge in [0.25, 0.3) is 0 Å². The fourth-order valence-corrected chi connectivity index (χ4v) is 3.64. The van der Waals surface area contributed by atoms with Gasteiger partial charge in [0.2, 0.25) is 5.91 Å². The van der Waals surface area contributed by atoms with Crippen LogP contribution in [-0.4, -0.2) is 33.3 Å². The first-order valence-electron chi connectivity index (χ1n) is 6.52. The smallest absolute Gasteiger partial charge is 0.248 e. The highest BCUT2D eigenvalue weighted by Gasteiger charge is 2.26. The Morgan fingerprint density at radius 2 is 2.42 bits per heavy atom. The van der Waals surface area contributed by atoms with Crippen LogP contribution in [0.2, 0.25) is 0 Å². The summed E-state index contributed by atoms with van der Waals surface area (Å²) in [6, 6.07) is 0. The van der Waals surface area contributed by atoms with Gasteiger partial charge in [0.15, 0.2) is 4.96 Å². The van der Waals surface area contributed by atoms with Crippen molar-refractivity contribution in [2.45, 2.75) is 25.7 Å². The van der Waals surface area contributed by atoms with Crippen LogP contribution in [-0.2, 0) is 4.79 Å². The van der Waals surface area contributed by atoms with Gasteiger partial charge >= 0.3 is 0 Å². The van der Waals surface area contributed by atoms with E-state index in [-0.39, 0.29) is 5.91 Å². The van der Waals surface area contributed by atoms with E-state index in [1.165, 1.54) is 5.69 Å². The molecule has 0 aliphatic carbocycles. The number of fused-ring (bicyclic) bond motifs is 1. The van der Waals surface area contributed by atoms with E-state index in [9.17, 15) is 4.79 Å². The van der Waals surface area contributed by atoms with Crippen LogP contribution in [0, 0.1) is 0 Å². The number of hydrogen-bond acceptors (Lipinski definition) is 3. The van der Waals surface area contributed by atoms with Gasteiger partial charge in [-0.3, -0.25) is 9.20 Å². The first-order chi connectivity index (χ1) is 9.16. The molecular weight excluding hydrogens is 258 g/mol. The van der Waals surface area contributed by atoms with E-state index in [1.807, 2.05) is 17.3 Å². The highest BCUT2D eigenvalue weighted by atomic mass is 32.1. The van der Waals surface area contributed by atoms with Crippen molar-refractivity contribution in [3.63, 3.8) is 0 Å². The van der Waals surface area contributed by atoms with Crippen LogP contribution < -0.4 is 0 Å². The van der Waals surface area contributed by atoms with Gasteiger partial charge in [-0.2, -0.15) is 0 Å². The molecule has 3 rings (SSSR count). The summed E-state index contributed by atoms with van der Waals surface area (Å²) in [6.45, 7) is 7.17. The molecule has 1 unspecified atom stereocenters. The Bertz CT molecular complexity index is 627. The number of hydrogen-bond donors (Lipinski definition) is 0. The molecule has 4 nitrogen and oxygen atoms in total. The Morgan fingerprint density at radius 3 is 3.21 bits per heavy atom. The Morgan fingerprint density at radius 1 is 1.58 bits per heavy atom. The highest BCUT2D eigenvalue weighted by Crippen LogP contribution is 2.30. The monoisotopic (exact) mass is 275 g/mol. The molecule has 5 heteroatoms. The van der Waals surface area contributed by atoms with Gasteiger partial charge < -0.3 is 4.90 Å². The van der Waals surface area contributed by atoms with Crippen molar-refractivity contribution in [2.24, 2.45) is 0 Å². The maximum absolute atomic E-state index is 12.0. The Hall–Kier alpha value is -1.62. The van der Waals surface area contributed by atoms with Crippen LogP contribution in [0.4, 0.5) is 0 Å². The third-order valence-corrected chi connectivity index (χ3v) is 4.53. The van der Waals surface area contributed by atoms with Crippen molar-refractivity contribution in [3.8, 4) is 0 Å². The summed E-state index contributed by atoms with van der Waals surface area (Å²) in [7, 11) is 0. The van der Waals surface area contributed by atoms with Gasteiger partial charge in [-0.25, -0.2) is 4.98 Å². The molecule has 1 aliphatic rings. The number of piperidine rings is 1. The van der Waals surface area contributed by atoms with E-state index >= 15 is 0 Å². The second kappa shape index (κ2) is 4.81. The van der Waals surface area contributed by atoms with Crippen molar-refractivity contribution < 1.29 is 4.79 Å². The number of thiazole rings is 1. The minimum absolute atomic E-state index is 0.0850. The number of amides is 1. The van der Waals surface area contributed by atoms with E-state index in [2.05, 4.69) is 21.3 Å². The number of carbonyl (C=O) groups is 1. The lowest BCUT2D eigenvalue weighted by Crippen LogP contribution is -2.39. The number of likely N-dealkylation sites (tertiary alicyclic amines) is 1. The van der Waals surface area contributed by atoms with Crippen LogP contribution in [0.3, 0.4) is 0 Å². The lowest BCUT2D eigenvalue weighted by Gasteiger charge is -2.32. The highest BCUT2D eigenvalue weighted by molar-refractivity contribution is 7.15. The first-order valence-corrected chi connectivity index (χ1v) is 7.40. The normalized spacial score (nSPS) is 19.8. The summed E-state index contributed by atoms with van der Waals surface area (Å²) in [5, 5.41) is 2.17. The summed E-state index contributed by atoms with van der Waals surface area (Å²) in [4.78, 5) is 19.3. The summed E-state index contributed by atoms with van der Waals surface area (Å²) >= 11 is 1.66. The molecule has 1 aliphatic heterocycles. The van der Waals surface area contributed by atoms with Crippen LogP contribution in [0.5, 0.6) is 0 Å². The SMILES string of the molecule is C=C(C)C(=O)N1CCCC(c2csc3nccn23)C1. The van der Waals surface area contributed by atoms with Gasteiger partial charge in [-0.05, 0) is 19.8 Å². The fraction of sp³-hybridized carbons (Fsp3) is 0.429. The molecule has 0 saturated carbocycles. The minimum atomic E-state index is 0.0850. The largest absolute Gasteiger partial charge is 0.338 e. The van der Waals surface area contributed by atoms with Crippen molar-refractivity contribution in [1.29, 1.82) is 0 Å². The number of nitrogens with zero attached hydrogens (tertiary/aromatic N) is 3. The van der Waals surface area contributed by atoms with Crippen molar-refractivity contribution in [3.05, 3.63) is 35.6 Å². The lowest BCUT2D eigenvalue weighted by atomic mass is 9.95. The van der Waals surface area contributed by atoms with E-state index in [4.69, 9.17) is 0 Å². The zero-order valence-electron chi connectivity index (χ0n) is 11.0. The molecule has 1 amide bonds. The van der Waals surface area contributed by atoms with Crippen LogP contribution >= 0.6 is 11.3 Å². The third-order valence-electron chi connectivity index (χ3n) is 3.66. The molecule has 0 N–H and O–H groups in total. The molecule has 0 bridgehead atoms. The topological polar surface area (TPSA) is 37.6 Å². The molecule has 0 aromatic carbocycles. The standard InChI is InChI=1S/C14H17N3OS/c1-10(2)13(18)16-6-3-4-11(8-16)12-9-19-14-15-5-7-17(12)14/h5,7,9,11H,1,3-4,6,8H2,2H3. The molecule has 1 atom stereocenters. The molecule has 2 aromatic rings. The predicted octanol–water partition coefficient (Wildman–Crippen LogP) is 2.68. The zero-order chi connectivity index (χ0) is 13.4. The maximum Gasteiger partial charge on any atom is 0.248 e. The number of imidazole rings is 1. The van der Waals surface area contributed by atoms with Crippen molar-refractivity contribution in [1.82, 2.24) is 14.3 Å². The predicted molar refractivity (Wildman–Crippen MR) is 76.4 cm³/mol. The minimum Gasteiger partial charge on any atom is -0.338 e. The number of aromatic nitrogens is 2. The second-order valence-electron chi connectivity index (χ2n) is 5.11. The Kier molecular flexibility index (Phi) is 3.14. The van der Waals surface area contributed by atoms with Gasteiger partial charge in [0.1, 0.15) is 0 Å². The quantitative estimate of drug-likeness (QED) is 0.790. The van der Waals surface area contributed by atoms with E-state index < -0.39 is 0 Å². The Labute approximate surface area is 116 Å². The summed E-state index contributed by atoms with van der Waals surface area (Å²) in [5.41, 5.74) is 1.90. The van der Waals surface area contributed by atoms with Crippen molar-refractivity contribution >= 4 is 22.2 Å². The molecule has 1 saturated heterocycles. The molecular formula is C14H17N3OS. The Balaban J connectivity index is 1.84. The maximum atomic E-state index is 12.0. The molecule has 1 fully saturated rings. The van der Waals surface area contributed by atoms with E-state index in [0.29, 0.717) is 11.5 Å². The molecule has 0 radical (unpaired) electrons. The zero-order valence-corrected chi connectivity index (χ0v) is 11.8. The lowest BCUT2D eigenvalue weighted by molar-refractivity contribution is -0.128. The third kappa shape index (κ3) is 2.18. The average Bonchev–Trinajstić information content (AvgIpc) is 3.00. The summed E-state index contributed by atoms with van der Waals surface area (Å²) in [5.74, 6) is 0.488. The molecule has 2 aromatic heterocycles. The number of rotatable bonds is 2. The summed E-state index contributed by atoms with van der Waals surface area (Å²) < 4.78 is 2.14. The van der Waals surface area contributed by atoms with Crippen LogP contribution in [0.15, 0.2) is 29.9 Å². The average molecular weight is 275 g/mol. The molecule has 100 valence electrons. The van der Waals surface area contributed by atoms with Gasteiger partial charge in [-0.15, -0.1) is 11.3 Å². The first kappa shape index (κ1) is 12.4. The van der Waals surface area contributed by atoms with E-state index in [1.54, 1.807) is 18.3 Å². The number of carbonyl (C=O) groups excluding carboxylic acids is 1.